The molecule has 4 nitrogen and oxygen atoms in total. The van der Waals surface area contributed by atoms with E-state index < -0.39 is 0 Å². The van der Waals surface area contributed by atoms with Gasteiger partial charge in [0.2, 0.25) is 0 Å². The molecule has 1 aromatic rings. The van der Waals surface area contributed by atoms with Gasteiger partial charge in [0.25, 0.3) is 5.91 Å². The Bertz CT molecular complexity index is 446. The number of hydrogen-bond acceptors (Lipinski definition) is 2. The monoisotopic (exact) mass is 248 g/mol. The molecule has 1 aliphatic heterocycles. The first-order valence-electron chi connectivity index (χ1n) is 6.77. The van der Waals surface area contributed by atoms with E-state index >= 15 is 0 Å². The number of morpholine rings is 1. The van der Waals surface area contributed by atoms with Crippen LogP contribution in [0.1, 0.15) is 41.7 Å². The molecule has 2 heterocycles. The van der Waals surface area contributed by atoms with Gasteiger partial charge in [-0.1, -0.05) is 12.8 Å². The number of aromatic amines is 1. The average molecular weight is 248 g/mol. The number of carbonyl (C=O) groups excluding carboxylic acids is 1. The molecule has 1 aliphatic carbocycles. The minimum Gasteiger partial charge on any atom is -0.371 e. The van der Waals surface area contributed by atoms with E-state index in [1.54, 1.807) is 0 Å². The van der Waals surface area contributed by atoms with Crippen molar-refractivity contribution in [3.05, 3.63) is 23.5 Å². The standard InChI is InChI=1S/C14H20N2O2/c1-11-12(4-7-15-11)13(17)16-8-9-18-14(10-16)5-2-3-6-14/h4,7,15H,2-3,5-6,8-10H2,1H3. The summed E-state index contributed by atoms with van der Waals surface area (Å²) in [5, 5.41) is 0. The maximum atomic E-state index is 12.5. The molecule has 1 saturated carbocycles. The molecule has 18 heavy (non-hydrogen) atoms. The normalized spacial score (nSPS) is 22.6. The molecule has 1 N–H and O–H groups in total. The van der Waals surface area contributed by atoms with Crippen molar-refractivity contribution in [2.75, 3.05) is 19.7 Å². The molecule has 2 aliphatic rings. The molecule has 0 unspecified atom stereocenters. The first-order valence-corrected chi connectivity index (χ1v) is 6.77. The van der Waals surface area contributed by atoms with Crippen molar-refractivity contribution in [3.8, 4) is 0 Å². The van der Waals surface area contributed by atoms with E-state index in [0.29, 0.717) is 13.2 Å². The zero-order valence-electron chi connectivity index (χ0n) is 10.9. The molecule has 4 heteroatoms. The summed E-state index contributed by atoms with van der Waals surface area (Å²) in [6.45, 7) is 4.09. The smallest absolute Gasteiger partial charge is 0.255 e. The number of aryl methyl sites for hydroxylation is 1. The number of nitrogens with one attached hydrogen (secondary N) is 1. The van der Waals surface area contributed by atoms with E-state index in [0.717, 1.165) is 30.6 Å². The van der Waals surface area contributed by atoms with Crippen LogP contribution in [-0.2, 0) is 4.74 Å². The fourth-order valence-corrected chi connectivity index (χ4v) is 3.19. The molecular formula is C14H20N2O2. The predicted molar refractivity (Wildman–Crippen MR) is 68.6 cm³/mol. The van der Waals surface area contributed by atoms with Crippen LogP contribution in [0, 0.1) is 6.92 Å². The fraction of sp³-hybridized carbons (Fsp3) is 0.643. The van der Waals surface area contributed by atoms with Crippen LogP contribution in [0.15, 0.2) is 12.3 Å². The zero-order valence-corrected chi connectivity index (χ0v) is 10.9. The third-order valence-electron chi connectivity index (χ3n) is 4.23. The quantitative estimate of drug-likeness (QED) is 0.827. The molecule has 1 amide bonds. The van der Waals surface area contributed by atoms with Crippen molar-refractivity contribution in [2.45, 2.75) is 38.2 Å². The highest BCUT2D eigenvalue weighted by Crippen LogP contribution is 2.36. The summed E-state index contributed by atoms with van der Waals surface area (Å²) in [6, 6.07) is 1.87. The fourth-order valence-electron chi connectivity index (χ4n) is 3.19. The lowest BCUT2D eigenvalue weighted by Crippen LogP contribution is -2.52. The van der Waals surface area contributed by atoms with Crippen LogP contribution < -0.4 is 0 Å². The van der Waals surface area contributed by atoms with Crippen LogP contribution in [0.25, 0.3) is 0 Å². The van der Waals surface area contributed by atoms with Crippen molar-refractivity contribution in [1.82, 2.24) is 9.88 Å². The number of H-pyrrole nitrogens is 1. The lowest BCUT2D eigenvalue weighted by molar-refractivity contribution is -0.0948. The highest BCUT2D eigenvalue weighted by atomic mass is 16.5. The number of rotatable bonds is 1. The lowest BCUT2D eigenvalue weighted by atomic mass is 9.99. The first-order chi connectivity index (χ1) is 8.70. The summed E-state index contributed by atoms with van der Waals surface area (Å²) < 4.78 is 5.95. The molecule has 1 spiro atoms. The van der Waals surface area contributed by atoms with Crippen LogP contribution in [0.5, 0.6) is 0 Å². The highest BCUT2D eigenvalue weighted by molar-refractivity contribution is 5.95. The Morgan fingerprint density at radius 3 is 2.89 bits per heavy atom. The van der Waals surface area contributed by atoms with Gasteiger partial charge in [0.1, 0.15) is 0 Å². The van der Waals surface area contributed by atoms with Crippen LogP contribution in [-0.4, -0.2) is 41.1 Å². The Balaban J connectivity index is 1.76. The summed E-state index contributed by atoms with van der Waals surface area (Å²) >= 11 is 0. The number of carbonyl (C=O) groups is 1. The summed E-state index contributed by atoms with van der Waals surface area (Å²) in [4.78, 5) is 17.5. The second-order valence-corrected chi connectivity index (χ2v) is 5.48. The minimum absolute atomic E-state index is 0.0435. The van der Waals surface area contributed by atoms with Crippen LogP contribution in [0.4, 0.5) is 0 Å². The van der Waals surface area contributed by atoms with E-state index in [-0.39, 0.29) is 11.5 Å². The van der Waals surface area contributed by atoms with Crippen molar-refractivity contribution in [1.29, 1.82) is 0 Å². The van der Waals surface area contributed by atoms with Gasteiger partial charge in [-0.15, -0.1) is 0 Å². The number of ether oxygens (including phenoxy) is 1. The van der Waals surface area contributed by atoms with Gasteiger partial charge in [0, 0.05) is 18.4 Å². The van der Waals surface area contributed by atoms with Crippen LogP contribution in [0.2, 0.25) is 0 Å². The Labute approximate surface area is 107 Å². The molecular weight excluding hydrogens is 228 g/mol. The lowest BCUT2D eigenvalue weighted by Gasteiger charge is -2.40. The van der Waals surface area contributed by atoms with Crippen LogP contribution >= 0.6 is 0 Å². The van der Waals surface area contributed by atoms with Crippen molar-refractivity contribution in [2.24, 2.45) is 0 Å². The second-order valence-electron chi connectivity index (χ2n) is 5.48. The summed E-state index contributed by atoms with van der Waals surface area (Å²) in [6.07, 6.45) is 6.48. The van der Waals surface area contributed by atoms with Gasteiger partial charge in [-0.3, -0.25) is 4.79 Å². The topological polar surface area (TPSA) is 45.3 Å². The van der Waals surface area contributed by atoms with Gasteiger partial charge < -0.3 is 14.6 Å². The SMILES string of the molecule is Cc1[nH]ccc1C(=O)N1CCOC2(CCCC2)C1. The number of amides is 1. The van der Waals surface area contributed by atoms with Gasteiger partial charge in [-0.25, -0.2) is 0 Å². The maximum absolute atomic E-state index is 12.5. The molecule has 1 saturated heterocycles. The van der Waals surface area contributed by atoms with E-state index in [1.807, 2.05) is 24.1 Å². The first kappa shape index (κ1) is 11.8. The van der Waals surface area contributed by atoms with Gasteiger partial charge in [0.05, 0.1) is 24.3 Å². The summed E-state index contributed by atoms with van der Waals surface area (Å²) in [7, 11) is 0. The molecule has 98 valence electrons. The summed E-state index contributed by atoms with van der Waals surface area (Å²) in [5.41, 5.74) is 1.70. The Hall–Kier alpha value is -1.29. The minimum atomic E-state index is -0.0435. The maximum Gasteiger partial charge on any atom is 0.255 e. The van der Waals surface area contributed by atoms with Gasteiger partial charge in [-0.2, -0.15) is 0 Å². The molecule has 0 aromatic carbocycles. The van der Waals surface area contributed by atoms with Gasteiger partial charge in [-0.05, 0) is 25.8 Å². The van der Waals surface area contributed by atoms with E-state index in [4.69, 9.17) is 4.74 Å². The van der Waals surface area contributed by atoms with Crippen molar-refractivity contribution < 1.29 is 9.53 Å². The van der Waals surface area contributed by atoms with Crippen molar-refractivity contribution in [3.63, 3.8) is 0 Å². The predicted octanol–water partition coefficient (Wildman–Crippen LogP) is 2.11. The van der Waals surface area contributed by atoms with Crippen LogP contribution in [0.3, 0.4) is 0 Å². The molecule has 0 atom stereocenters. The Morgan fingerprint density at radius 1 is 1.44 bits per heavy atom. The molecule has 3 rings (SSSR count). The zero-order chi connectivity index (χ0) is 12.6. The number of nitrogens with zero attached hydrogens (tertiary/aromatic N) is 1. The summed E-state index contributed by atoms with van der Waals surface area (Å²) in [5.74, 6) is 0.142. The highest BCUT2D eigenvalue weighted by Gasteiger charge is 2.40. The largest absolute Gasteiger partial charge is 0.371 e. The Morgan fingerprint density at radius 2 is 2.22 bits per heavy atom. The third kappa shape index (κ3) is 1.94. The number of hydrogen-bond donors (Lipinski definition) is 1. The molecule has 2 fully saturated rings. The molecule has 0 radical (unpaired) electrons. The number of aromatic nitrogens is 1. The van der Waals surface area contributed by atoms with E-state index in [2.05, 4.69) is 4.98 Å². The van der Waals surface area contributed by atoms with Gasteiger partial charge in [0.15, 0.2) is 0 Å². The average Bonchev–Trinajstić information content (AvgIpc) is 2.98. The third-order valence-corrected chi connectivity index (χ3v) is 4.23. The van der Waals surface area contributed by atoms with Crippen molar-refractivity contribution >= 4 is 5.91 Å². The Kier molecular flexibility index (Phi) is 2.90. The van der Waals surface area contributed by atoms with E-state index in [1.165, 1.54) is 12.8 Å². The molecule has 0 bridgehead atoms. The van der Waals surface area contributed by atoms with Gasteiger partial charge >= 0.3 is 0 Å². The molecule has 1 aromatic heterocycles. The van der Waals surface area contributed by atoms with E-state index in [9.17, 15) is 4.79 Å². The second kappa shape index (κ2) is 4.43.